The molecule has 0 radical (unpaired) electrons. The molecule has 0 bridgehead atoms. The first-order valence-corrected chi connectivity index (χ1v) is 9.92. The molecular weight excluding hydrogens is 358 g/mol. The highest BCUT2D eigenvalue weighted by atomic mass is 16.2. The van der Waals surface area contributed by atoms with E-state index in [1.165, 1.54) is 4.90 Å². The minimum atomic E-state index is -0.286. The Morgan fingerprint density at radius 2 is 1.50 bits per heavy atom. The van der Waals surface area contributed by atoms with E-state index in [2.05, 4.69) is 0 Å². The van der Waals surface area contributed by atoms with Gasteiger partial charge in [0.15, 0.2) is 0 Å². The summed E-state index contributed by atoms with van der Waals surface area (Å²) in [6.07, 6.45) is 1.49. The lowest BCUT2D eigenvalue weighted by Crippen LogP contribution is -2.39. The minimum Gasteiger partial charge on any atom is -0.341 e. The van der Waals surface area contributed by atoms with Crippen LogP contribution in [0.2, 0.25) is 0 Å². The molecule has 0 aromatic heterocycles. The molecule has 0 N–H and O–H groups in total. The van der Waals surface area contributed by atoms with Gasteiger partial charge in [0, 0.05) is 45.1 Å². The Kier molecular flexibility index (Phi) is 6.11. The first kappa shape index (κ1) is 20.0. The molecule has 0 spiro atoms. The molecule has 2 heterocycles. The number of hydrogen-bond donors (Lipinski definition) is 0. The summed E-state index contributed by atoms with van der Waals surface area (Å²) in [6, 6.07) is 6.79. The summed E-state index contributed by atoms with van der Waals surface area (Å²) >= 11 is 0. The molecule has 4 amide bonds. The van der Waals surface area contributed by atoms with E-state index in [-0.39, 0.29) is 42.5 Å². The third-order valence-electron chi connectivity index (χ3n) is 5.30. The number of carbonyl (C=O) groups excluding carboxylic acids is 4. The Morgan fingerprint density at radius 1 is 0.929 bits per heavy atom. The van der Waals surface area contributed by atoms with Gasteiger partial charge in [-0.2, -0.15) is 0 Å². The highest BCUT2D eigenvalue weighted by Crippen LogP contribution is 2.22. The molecule has 2 aliphatic heterocycles. The van der Waals surface area contributed by atoms with Gasteiger partial charge in [0.2, 0.25) is 11.8 Å². The van der Waals surface area contributed by atoms with Gasteiger partial charge < -0.3 is 9.80 Å². The van der Waals surface area contributed by atoms with Crippen LogP contribution in [0.4, 0.5) is 0 Å². The van der Waals surface area contributed by atoms with Crippen molar-refractivity contribution in [1.82, 2.24) is 14.7 Å². The van der Waals surface area contributed by atoms with Crippen molar-refractivity contribution in [2.75, 3.05) is 32.7 Å². The van der Waals surface area contributed by atoms with Crippen LogP contribution in [0.1, 0.15) is 53.8 Å². The largest absolute Gasteiger partial charge is 0.341 e. The monoisotopic (exact) mass is 385 g/mol. The van der Waals surface area contributed by atoms with E-state index in [4.69, 9.17) is 0 Å². The van der Waals surface area contributed by atoms with Gasteiger partial charge >= 0.3 is 0 Å². The first-order chi connectivity index (χ1) is 13.4. The molecule has 3 rings (SSSR count). The van der Waals surface area contributed by atoms with Gasteiger partial charge in [0.05, 0.1) is 11.1 Å². The van der Waals surface area contributed by atoms with Gasteiger partial charge in [-0.15, -0.1) is 0 Å². The maximum atomic E-state index is 12.6. The van der Waals surface area contributed by atoms with E-state index in [0.717, 1.165) is 6.42 Å². The molecule has 1 aromatic rings. The van der Waals surface area contributed by atoms with Crippen LogP contribution in [-0.4, -0.2) is 71.1 Å². The fraction of sp³-hybridized carbons (Fsp3) is 0.524. The molecule has 0 atom stereocenters. The topological polar surface area (TPSA) is 78.0 Å². The van der Waals surface area contributed by atoms with E-state index >= 15 is 0 Å². The zero-order valence-corrected chi connectivity index (χ0v) is 16.5. The van der Waals surface area contributed by atoms with E-state index in [1.54, 1.807) is 29.2 Å². The normalized spacial score (nSPS) is 17.2. The van der Waals surface area contributed by atoms with Gasteiger partial charge in [0.25, 0.3) is 11.8 Å². The molecule has 2 aliphatic rings. The van der Waals surface area contributed by atoms with E-state index in [1.807, 2.05) is 18.7 Å². The lowest BCUT2D eigenvalue weighted by Gasteiger charge is -2.23. The lowest BCUT2D eigenvalue weighted by molar-refractivity contribution is -0.135. The molecule has 0 aliphatic carbocycles. The van der Waals surface area contributed by atoms with Crippen LogP contribution < -0.4 is 0 Å². The van der Waals surface area contributed by atoms with Gasteiger partial charge in [-0.05, 0) is 25.0 Å². The highest BCUT2D eigenvalue weighted by Gasteiger charge is 2.34. The molecule has 7 heteroatoms. The number of hydrogen-bond acceptors (Lipinski definition) is 4. The molecular formula is C21H27N3O4. The zero-order valence-electron chi connectivity index (χ0n) is 16.5. The number of nitrogens with zero attached hydrogens (tertiary/aromatic N) is 3. The number of amides is 4. The minimum absolute atomic E-state index is 0.00968. The summed E-state index contributed by atoms with van der Waals surface area (Å²) in [4.78, 5) is 54.3. The molecule has 0 saturated carbocycles. The van der Waals surface area contributed by atoms with E-state index in [0.29, 0.717) is 43.7 Å². The predicted octanol–water partition coefficient (Wildman–Crippen LogP) is 1.78. The third kappa shape index (κ3) is 4.08. The third-order valence-corrected chi connectivity index (χ3v) is 5.30. The molecule has 1 saturated heterocycles. The van der Waals surface area contributed by atoms with Crippen molar-refractivity contribution in [3.05, 3.63) is 35.4 Å². The predicted molar refractivity (Wildman–Crippen MR) is 104 cm³/mol. The second-order valence-corrected chi connectivity index (χ2v) is 7.63. The summed E-state index contributed by atoms with van der Waals surface area (Å²) in [5.41, 5.74) is 0.863. The highest BCUT2D eigenvalue weighted by molar-refractivity contribution is 6.21. The number of fused-ring (bicyclic) bond motifs is 1. The van der Waals surface area contributed by atoms with Crippen LogP contribution >= 0.6 is 0 Å². The maximum Gasteiger partial charge on any atom is 0.261 e. The molecule has 7 nitrogen and oxygen atoms in total. The van der Waals surface area contributed by atoms with Crippen LogP contribution in [0.15, 0.2) is 24.3 Å². The second-order valence-electron chi connectivity index (χ2n) is 7.63. The quantitative estimate of drug-likeness (QED) is 0.724. The summed E-state index contributed by atoms with van der Waals surface area (Å²) in [5, 5.41) is 0. The second kappa shape index (κ2) is 8.54. The SMILES string of the molecule is CC(C)C(=O)N1CCCN(C(=O)CCCN2C(=O)c3ccccc3C2=O)CC1. The smallest absolute Gasteiger partial charge is 0.261 e. The van der Waals surface area contributed by atoms with Crippen LogP contribution in [0, 0.1) is 5.92 Å². The van der Waals surface area contributed by atoms with Gasteiger partial charge in [-0.25, -0.2) is 0 Å². The van der Waals surface area contributed by atoms with Crippen molar-refractivity contribution < 1.29 is 19.2 Å². The average molecular weight is 385 g/mol. The van der Waals surface area contributed by atoms with Gasteiger partial charge in [-0.1, -0.05) is 26.0 Å². The Labute approximate surface area is 165 Å². The van der Waals surface area contributed by atoms with E-state index in [9.17, 15) is 19.2 Å². The lowest BCUT2D eigenvalue weighted by atomic mass is 10.1. The Morgan fingerprint density at radius 3 is 2.11 bits per heavy atom. The number of carbonyl (C=O) groups is 4. The van der Waals surface area contributed by atoms with Crippen molar-refractivity contribution in [2.24, 2.45) is 5.92 Å². The van der Waals surface area contributed by atoms with Crippen LogP contribution in [0.3, 0.4) is 0 Å². The van der Waals surface area contributed by atoms with Crippen molar-refractivity contribution in [2.45, 2.75) is 33.1 Å². The summed E-state index contributed by atoms with van der Waals surface area (Å²) in [6.45, 7) is 6.41. The fourth-order valence-corrected chi connectivity index (χ4v) is 3.74. The van der Waals surface area contributed by atoms with Crippen molar-refractivity contribution in [1.29, 1.82) is 0 Å². The summed E-state index contributed by atoms with van der Waals surface area (Å²) in [7, 11) is 0. The van der Waals surface area contributed by atoms with Gasteiger partial charge in [0.1, 0.15) is 0 Å². The Bertz CT molecular complexity index is 755. The zero-order chi connectivity index (χ0) is 20.3. The van der Waals surface area contributed by atoms with Crippen molar-refractivity contribution >= 4 is 23.6 Å². The first-order valence-electron chi connectivity index (χ1n) is 9.92. The molecule has 1 fully saturated rings. The van der Waals surface area contributed by atoms with Gasteiger partial charge in [-0.3, -0.25) is 24.1 Å². The standard InChI is InChI=1S/C21H27N3O4/c1-15(2)19(26)23-11-6-10-22(13-14-23)18(25)9-5-12-24-20(27)16-7-3-4-8-17(16)21(24)28/h3-4,7-8,15H,5-6,9-14H2,1-2H3. The number of imide groups is 1. The van der Waals surface area contributed by atoms with Crippen LogP contribution in [-0.2, 0) is 9.59 Å². The maximum absolute atomic E-state index is 12.6. The summed E-state index contributed by atoms with van der Waals surface area (Å²) in [5.74, 6) is -0.478. The van der Waals surface area contributed by atoms with Crippen molar-refractivity contribution in [3.8, 4) is 0 Å². The number of benzene rings is 1. The fourth-order valence-electron chi connectivity index (χ4n) is 3.74. The molecule has 28 heavy (non-hydrogen) atoms. The van der Waals surface area contributed by atoms with Crippen LogP contribution in [0.5, 0.6) is 0 Å². The Hall–Kier alpha value is -2.70. The Balaban J connectivity index is 1.48. The average Bonchev–Trinajstić information content (AvgIpc) is 2.86. The van der Waals surface area contributed by atoms with Crippen LogP contribution in [0.25, 0.3) is 0 Å². The molecule has 1 aromatic carbocycles. The van der Waals surface area contributed by atoms with E-state index < -0.39 is 0 Å². The molecule has 0 unspecified atom stereocenters. The summed E-state index contributed by atoms with van der Waals surface area (Å²) < 4.78 is 0. The van der Waals surface area contributed by atoms with Crippen molar-refractivity contribution in [3.63, 3.8) is 0 Å². The number of rotatable bonds is 5. The molecule has 150 valence electrons.